The summed E-state index contributed by atoms with van der Waals surface area (Å²) in [7, 11) is 0. The second kappa shape index (κ2) is 3.99. The molecule has 1 aromatic heterocycles. The first kappa shape index (κ1) is 10.5. The van der Waals surface area contributed by atoms with Crippen LogP contribution in [0.5, 0.6) is 0 Å². The third kappa shape index (κ3) is 1.97. The van der Waals surface area contributed by atoms with E-state index in [2.05, 4.69) is 52.9 Å². The Morgan fingerprint density at radius 1 is 1.24 bits per heavy atom. The second-order valence-electron chi connectivity index (χ2n) is 5.04. The van der Waals surface area contributed by atoms with Crippen molar-refractivity contribution in [3.8, 4) is 11.4 Å². The standard InChI is InChI=1S/C14H17N3/c1-10-3-5-12(6-4-10)14-15-13-9-11(2)7-8-17(13)16-14/h3-6,11H,7-9H2,1-2H3. The predicted molar refractivity (Wildman–Crippen MR) is 67.7 cm³/mol. The molecule has 3 nitrogen and oxygen atoms in total. The minimum Gasteiger partial charge on any atom is -0.249 e. The van der Waals surface area contributed by atoms with Crippen LogP contribution in [-0.2, 0) is 13.0 Å². The summed E-state index contributed by atoms with van der Waals surface area (Å²) in [5, 5.41) is 4.59. The zero-order chi connectivity index (χ0) is 11.8. The van der Waals surface area contributed by atoms with Gasteiger partial charge >= 0.3 is 0 Å². The lowest BCUT2D eigenvalue weighted by atomic mass is 10.0. The van der Waals surface area contributed by atoms with Crippen LogP contribution >= 0.6 is 0 Å². The molecule has 1 aromatic carbocycles. The molecule has 0 spiro atoms. The van der Waals surface area contributed by atoms with Crippen LogP contribution in [0.25, 0.3) is 11.4 Å². The van der Waals surface area contributed by atoms with E-state index in [-0.39, 0.29) is 0 Å². The molecule has 0 saturated carbocycles. The Kier molecular flexibility index (Phi) is 2.46. The van der Waals surface area contributed by atoms with Crippen molar-refractivity contribution in [2.45, 2.75) is 33.2 Å². The lowest BCUT2D eigenvalue weighted by Gasteiger charge is -2.17. The summed E-state index contributed by atoms with van der Waals surface area (Å²) < 4.78 is 2.06. The van der Waals surface area contributed by atoms with Crippen molar-refractivity contribution < 1.29 is 0 Å². The van der Waals surface area contributed by atoms with Crippen molar-refractivity contribution in [3.05, 3.63) is 35.7 Å². The summed E-state index contributed by atoms with van der Waals surface area (Å²) in [6, 6.07) is 8.41. The molecule has 1 aliphatic heterocycles. The zero-order valence-electron chi connectivity index (χ0n) is 10.3. The van der Waals surface area contributed by atoms with Gasteiger partial charge in [0, 0.05) is 18.5 Å². The molecule has 1 unspecified atom stereocenters. The number of fused-ring (bicyclic) bond motifs is 1. The molecule has 2 heterocycles. The number of hydrogen-bond donors (Lipinski definition) is 0. The summed E-state index contributed by atoms with van der Waals surface area (Å²) >= 11 is 0. The van der Waals surface area contributed by atoms with Gasteiger partial charge < -0.3 is 0 Å². The molecule has 0 saturated heterocycles. The highest BCUT2D eigenvalue weighted by Crippen LogP contribution is 2.22. The van der Waals surface area contributed by atoms with Crippen LogP contribution in [0.4, 0.5) is 0 Å². The SMILES string of the molecule is Cc1ccc(-c2nc3n(n2)CCC(C)C3)cc1. The van der Waals surface area contributed by atoms with Crippen LogP contribution in [0.3, 0.4) is 0 Å². The van der Waals surface area contributed by atoms with Crippen molar-refractivity contribution in [3.63, 3.8) is 0 Å². The Bertz CT molecular complexity index is 525. The molecular weight excluding hydrogens is 210 g/mol. The molecule has 3 rings (SSSR count). The van der Waals surface area contributed by atoms with E-state index in [9.17, 15) is 0 Å². The summed E-state index contributed by atoms with van der Waals surface area (Å²) in [5.74, 6) is 2.74. The van der Waals surface area contributed by atoms with Crippen molar-refractivity contribution in [2.24, 2.45) is 5.92 Å². The summed E-state index contributed by atoms with van der Waals surface area (Å²) in [5.41, 5.74) is 2.39. The first-order valence-electron chi connectivity index (χ1n) is 6.23. The fourth-order valence-corrected chi connectivity index (χ4v) is 2.29. The topological polar surface area (TPSA) is 30.7 Å². The lowest BCUT2D eigenvalue weighted by Crippen LogP contribution is -2.18. The summed E-state index contributed by atoms with van der Waals surface area (Å²) in [4.78, 5) is 4.65. The van der Waals surface area contributed by atoms with Crippen molar-refractivity contribution in [2.75, 3.05) is 0 Å². The van der Waals surface area contributed by atoms with Gasteiger partial charge in [-0.15, -0.1) is 0 Å². The van der Waals surface area contributed by atoms with Crippen molar-refractivity contribution in [1.82, 2.24) is 14.8 Å². The van der Waals surface area contributed by atoms with Crippen LogP contribution in [0.15, 0.2) is 24.3 Å². The highest BCUT2D eigenvalue weighted by atomic mass is 15.3. The fourth-order valence-electron chi connectivity index (χ4n) is 2.29. The van der Waals surface area contributed by atoms with Gasteiger partial charge in [0.1, 0.15) is 5.82 Å². The highest BCUT2D eigenvalue weighted by molar-refractivity contribution is 5.54. The molecule has 2 aromatic rings. The van der Waals surface area contributed by atoms with Gasteiger partial charge in [0.25, 0.3) is 0 Å². The monoisotopic (exact) mass is 227 g/mol. The maximum absolute atomic E-state index is 4.65. The molecule has 88 valence electrons. The molecule has 1 aliphatic rings. The largest absolute Gasteiger partial charge is 0.249 e. The van der Waals surface area contributed by atoms with Crippen molar-refractivity contribution in [1.29, 1.82) is 0 Å². The quantitative estimate of drug-likeness (QED) is 0.750. The number of aryl methyl sites for hydroxylation is 2. The van der Waals surface area contributed by atoms with Crippen LogP contribution in [-0.4, -0.2) is 14.8 Å². The molecule has 0 aliphatic carbocycles. The van der Waals surface area contributed by atoms with Gasteiger partial charge in [-0.05, 0) is 19.3 Å². The third-order valence-electron chi connectivity index (χ3n) is 3.42. The molecule has 0 bridgehead atoms. The van der Waals surface area contributed by atoms with Gasteiger partial charge in [-0.25, -0.2) is 9.67 Å². The maximum Gasteiger partial charge on any atom is 0.181 e. The van der Waals surface area contributed by atoms with Gasteiger partial charge in [-0.3, -0.25) is 0 Å². The Labute approximate surface area is 101 Å². The Balaban J connectivity index is 1.97. The first-order valence-corrected chi connectivity index (χ1v) is 6.23. The average molecular weight is 227 g/mol. The van der Waals surface area contributed by atoms with Gasteiger partial charge in [0.15, 0.2) is 5.82 Å². The summed E-state index contributed by atoms with van der Waals surface area (Å²) in [6.07, 6.45) is 2.27. The predicted octanol–water partition coefficient (Wildman–Crippen LogP) is 2.84. The molecule has 3 heteroatoms. The minimum atomic E-state index is 0.734. The van der Waals surface area contributed by atoms with E-state index in [1.54, 1.807) is 0 Å². The normalized spacial score (nSPS) is 19.1. The van der Waals surface area contributed by atoms with Gasteiger partial charge in [-0.2, -0.15) is 5.10 Å². The van der Waals surface area contributed by atoms with Crippen LogP contribution < -0.4 is 0 Å². The number of nitrogens with zero attached hydrogens (tertiary/aromatic N) is 3. The van der Waals surface area contributed by atoms with Gasteiger partial charge in [-0.1, -0.05) is 36.8 Å². The van der Waals surface area contributed by atoms with E-state index in [0.29, 0.717) is 0 Å². The second-order valence-corrected chi connectivity index (χ2v) is 5.04. The van der Waals surface area contributed by atoms with Crippen LogP contribution in [0.1, 0.15) is 24.7 Å². The van der Waals surface area contributed by atoms with E-state index in [0.717, 1.165) is 36.1 Å². The number of benzene rings is 1. The van der Waals surface area contributed by atoms with E-state index in [4.69, 9.17) is 0 Å². The Hall–Kier alpha value is -1.64. The Morgan fingerprint density at radius 2 is 2.00 bits per heavy atom. The number of aromatic nitrogens is 3. The van der Waals surface area contributed by atoms with Crippen LogP contribution in [0, 0.1) is 12.8 Å². The average Bonchev–Trinajstić information content (AvgIpc) is 2.72. The van der Waals surface area contributed by atoms with Crippen molar-refractivity contribution >= 4 is 0 Å². The molecule has 0 radical (unpaired) electrons. The van der Waals surface area contributed by atoms with Crippen LogP contribution in [0.2, 0.25) is 0 Å². The lowest BCUT2D eigenvalue weighted by molar-refractivity contribution is 0.386. The molecule has 0 amide bonds. The highest BCUT2D eigenvalue weighted by Gasteiger charge is 2.19. The molecular formula is C14H17N3. The Morgan fingerprint density at radius 3 is 2.76 bits per heavy atom. The third-order valence-corrected chi connectivity index (χ3v) is 3.42. The van der Waals surface area contributed by atoms with Gasteiger partial charge in [0.2, 0.25) is 0 Å². The smallest absolute Gasteiger partial charge is 0.181 e. The fraction of sp³-hybridized carbons (Fsp3) is 0.429. The van der Waals surface area contributed by atoms with Gasteiger partial charge in [0.05, 0.1) is 0 Å². The number of rotatable bonds is 1. The molecule has 1 atom stereocenters. The number of hydrogen-bond acceptors (Lipinski definition) is 2. The van der Waals surface area contributed by atoms with E-state index in [1.165, 1.54) is 12.0 Å². The molecule has 17 heavy (non-hydrogen) atoms. The minimum absolute atomic E-state index is 0.734. The molecule has 0 fully saturated rings. The molecule has 0 N–H and O–H groups in total. The van der Waals surface area contributed by atoms with E-state index in [1.807, 2.05) is 0 Å². The zero-order valence-corrected chi connectivity index (χ0v) is 10.3. The maximum atomic E-state index is 4.65. The first-order chi connectivity index (χ1) is 8.22. The van der Waals surface area contributed by atoms with E-state index >= 15 is 0 Å². The summed E-state index contributed by atoms with van der Waals surface area (Å²) in [6.45, 7) is 5.39. The van der Waals surface area contributed by atoms with E-state index < -0.39 is 0 Å².